The highest BCUT2D eigenvalue weighted by molar-refractivity contribution is 5.81. The lowest BCUT2D eigenvalue weighted by molar-refractivity contribution is 0.294. The van der Waals surface area contributed by atoms with Crippen LogP contribution < -0.4 is 14.9 Å². The van der Waals surface area contributed by atoms with Crippen molar-refractivity contribution >= 4 is 12.2 Å². The van der Waals surface area contributed by atoms with E-state index in [9.17, 15) is 0 Å². The van der Waals surface area contributed by atoms with Gasteiger partial charge in [0, 0.05) is 11.4 Å². The first-order valence-corrected chi connectivity index (χ1v) is 7.54. The minimum absolute atomic E-state index is 0.480. The van der Waals surface area contributed by atoms with Gasteiger partial charge in [0.15, 0.2) is 11.5 Å². The molecule has 0 radical (unpaired) electrons. The molecule has 0 fully saturated rings. The standard InChI is InChI=1S/C17H22N4O2/c1-5-8-23-15-7-6-14(10-16(15)22-4)11-18-21-17-19-12(2)9-13(3)20-17/h6-7,9-11H,5,8H2,1-4H3,(H,19,20,21)/b18-11-. The summed E-state index contributed by atoms with van der Waals surface area (Å²) in [6.45, 7) is 6.57. The summed E-state index contributed by atoms with van der Waals surface area (Å²) in [5, 5.41) is 4.16. The lowest BCUT2D eigenvalue weighted by Gasteiger charge is -2.10. The van der Waals surface area contributed by atoms with E-state index in [0.717, 1.165) is 29.1 Å². The summed E-state index contributed by atoms with van der Waals surface area (Å²) in [5.41, 5.74) is 5.52. The summed E-state index contributed by atoms with van der Waals surface area (Å²) < 4.78 is 11.0. The zero-order valence-corrected chi connectivity index (χ0v) is 14.0. The predicted molar refractivity (Wildman–Crippen MR) is 91.5 cm³/mol. The number of aromatic nitrogens is 2. The van der Waals surface area contributed by atoms with Crippen molar-refractivity contribution in [1.29, 1.82) is 0 Å². The second-order valence-corrected chi connectivity index (χ2v) is 5.10. The molecule has 0 amide bonds. The highest BCUT2D eigenvalue weighted by Gasteiger charge is 2.04. The van der Waals surface area contributed by atoms with E-state index in [1.165, 1.54) is 0 Å². The fraction of sp³-hybridized carbons (Fsp3) is 0.353. The van der Waals surface area contributed by atoms with Gasteiger partial charge < -0.3 is 9.47 Å². The fourth-order valence-corrected chi connectivity index (χ4v) is 2.04. The highest BCUT2D eigenvalue weighted by Crippen LogP contribution is 2.27. The van der Waals surface area contributed by atoms with Gasteiger partial charge in [0.1, 0.15) is 0 Å². The average molecular weight is 314 g/mol. The summed E-state index contributed by atoms with van der Waals surface area (Å²) in [5.74, 6) is 1.90. The molecule has 1 N–H and O–H groups in total. The molecule has 0 bridgehead atoms. The number of rotatable bonds is 7. The molecule has 23 heavy (non-hydrogen) atoms. The molecule has 1 aromatic heterocycles. The number of ether oxygens (including phenoxy) is 2. The van der Waals surface area contributed by atoms with Crippen molar-refractivity contribution in [3.8, 4) is 11.5 Å². The van der Waals surface area contributed by atoms with Gasteiger partial charge in [-0.25, -0.2) is 15.4 Å². The number of hydrogen-bond donors (Lipinski definition) is 1. The van der Waals surface area contributed by atoms with Crippen LogP contribution in [0.3, 0.4) is 0 Å². The van der Waals surface area contributed by atoms with Crippen molar-refractivity contribution in [3.05, 3.63) is 41.2 Å². The van der Waals surface area contributed by atoms with Crippen LogP contribution in [-0.2, 0) is 0 Å². The van der Waals surface area contributed by atoms with Crippen molar-refractivity contribution in [2.45, 2.75) is 27.2 Å². The Kier molecular flexibility index (Phi) is 5.91. The number of nitrogens with one attached hydrogen (secondary N) is 1. The molecule has 1 heterocycles. The van der Waals surface area contributed by atoms with Crippen LogP contribution in [-0.4, -0.2) is 29.9 Å². The topological polar surface area (TPSA) is 68.6 Å². The van der Waals surface area contributed by atoms with Crippen molar-refractivity contribution in [2.75, 3.05) is 19.1 Å². The number of benzene rings is 1. The first-order chi connectivity index (χ1) is 11.1. The van der Waals surface area contributed by atoms with Gasteiger partial charge >= 0.3 is 0 Å². The summed E-state index contributed by atoms with van der Waals surface area (Å²) in [6, 6.07) is 7.58. The van der Waals surface area contributed by atoms with Gasteiger partial charge in [0.2, 0.25) is 5.95 Å². The molecule has 0 spiro atoms. The van der Waals surface area contributed by atoms with E-state index in [2.05, 4.69) is 27.4 Å². The first-order valence-electron chi connectivity index (χ1n) is 7.54. The molecule has 0 aliphatic rings. The maximum Gasteiger partial charge on any atom is 0.243 e. The molecule has 0 aliphatic carbocycles. The lowest BCUT2D eigenvalue weighted by Crippen LogP contribution is -2.00. The summed E-state index contributed by atoms with van der Waals surface area (Å²) >= 11 is 0. The Labute approximate surface area is 136 Å². The van der Waals surface area contributed by atoms with Gasteiger partial charge in [-0.1, -0.05) is 6.92 Å². The third-order valence-corrected chi connectivity index (χ3v) is 3.01. The third-order valence-electron chi connectivity index (χ3n) is 3.01. The van der Waals surface area contributed by atoms with Crippen LogP contribution in [0.2, 0.25) is 0 Å². The second kappa shape index (κ2) is 8.12. The smallest absolute Gasteiger partial charge is 0.243 e. The molecular formula is C17H22N4O2. The predicted octanol–water partition coefficient (Wildman–Crippen LogP) is 3.34. The van der Waals surface area contributed by atoms with Crippen LogP contribution in [0.15, 0.2) is 29.4 Å². The minimum atomic E-state index is 0.480. The van der Waals surface area contributed by atoms with Gasteiger partial charge in [0.25, 0.3) is 0 Å². The Morgan fingerprint density at radius 2 is 1.87 bits per heavy atom. The molecule has 0 atom stereocenters. The lowest BCUT2D eigenvalue weighted by atomic mass is 10.2. The Morgan fingerprint density at radius 3 is 2.52 bits per heavy atom. The molecule has 6 nitrogen and oxygen atoms in total. The maximum atomic E-state index is 5.63. The van der Waals surface area contributed by atoms with Crippen molar-refractivity contribution in [3.63, 3.8) is 0 Å². The average Bonchev–Trinajstić information content (AvgIpc) is 2.52. The van der Waals surface area contributed by atoms with E-state index in [1.807, 2.05) is 38.1 Å². The zero-order chi connectivity index (χ0) is 16.7. The van der Waals surface area contributed by atoms with E-state index in [1.54, 1.807) is 13.3 Å². The Balaban J connectivity index is 2.07. The van der Waals surface area contributed by atoms with E-state index in [-0.39, 0.29) is 0 Å². The van der Waals surface area contributed by atoms with E-state index < -0.39 is 0 Å². The zero-order valence-electron chi connectivity index (χ0n) is 14.0. The minimum Gasteiger partial charge on any atom is -0.493 e. The highest BCUT2D eigenvalue weighted by atomic mass is 16.5. The van der Waals surface area contributed by atoms with Gasteiger partial charge in [0.05, 0.1) is 19.9 Å². The number of methoxy groups -OCH3 is 1. The molecule has 0 saturated carbocycles. The molecule has 122 valence electrons. The summed E-state index contributed by atoms with van der Waals surface area (Å²) in [6.07, 6.45) is 2.64. The van der Waals surface area contributed by atoms with Crippen LogP contribution in [0.5, 0.6) is 11.5 Å². The molecule has 2 aromatic rings. The Hall–Kier alpha value is -2.63. The van der Waals surface area contributed by atoms with Gasteiger partial charge in [-0.15, -0.1) is 0 Å². The third kappa shape index (κ3) is 4.95. The Morgan fingerprint density at radius 1 is 1.13 bits per heavy atom. The van der Waals surface area contributed by atoms with E-state index in [0.29, 0.717) is 18.3 Å². The van der Waals surface area contributed by atoms with Gasteiger partial charge in [-0.05, 0) is 50.1 Å². The Bertz CT molecular complexity index is 666. The molecule has 6 heteroatoms. The molecule has 1 aromatic carbocycles. The van der Waals surface area contributed by atoms with Gasteiger partial charge in [-0.3, -0.25) is 0 Å². The van der Waals surface area contributed by atoms with Crippen LogP contribution in [0.25, 0.3) is 0 Å². The number of aryl methyl sites for hydroxylation is 2. The van der Waals surface area contributed by atoms with E-state index >= 15 is 0 Å². The second-order valence-electron chi connectivity index (χ2n) is 5.10. The van der Waals surface area contributed by atoms with Crippen LogP contribution in [0, 0.1) is 13.8 Å². The summed E-state index contributed by atoms with van der Waals surface area (Å²) in [4.78, 5) is 8.53. The molecule has 0 aliphatic heterocycles. The number of hydrogen-bond acceptors (Lipinski definition) is 6. The number of anilines is 1. The van der Waals surface area contributed by atoms with E-state index in [4.69, 9.17) is 9.47 Å². The van der Waals surface area contributed by atoms with Crippen molar-refractivity contribution < 1.29 is 9.47 Å². The SMILES string of the molecule is CCCOc1ccc(/C=N\Nc2nc(C)cc(C)n2)cc1OC. The molecule has 0 unspecified atom stereocenters. The van der Waals surface area contributed by atoms with Crippen LogP contribution in [0.4, 0.5) is 5.95 Å². The van der Waals surface area contributed by atoms with Crippen LogP contribution in [0.1, 0.15) is 30.3 Å². The largest absolute Gasteiger partial charge is 0.493 e. The number of hydrazone groups is 1. The molecule has 2 rings (SSSR count). The normalized spacial score (nSPS) is 10.8. The first kappa shape index (κ1) is 16.7. The van der Waals surface area contributed by atoms with Gasteiger partial charge in [-0.2, -0.15) is 5.10 Å². The van der Waals surface area contributed by atoms with Crippen molar-refractivity contribution in [1.82, 2.24) is 9.97 Å². The van der Waals surface area contributed by atoms with Crippen molar-refractivity contribution in [2.24, 2.45) is 5.10 Å². The molecule has 0 saturated heterocycles. The number of nitrogens with zero attached hydrogens (tertiary/aromatic N) is 3. The maximum absolute atomic E-state index is 5.63. The summed E-state index contributed by atoms with van der Waals surface area (Å²) in [7, 11) is 1.62. The monoisotopic (exact) mass is 314 g/mol. The quantitative estimate of drug-likeness (QED) is 0.627. The molecular weight excluding hydrogens is 292 g/mol. The van der Waals surface area contributed by atoms with Crippen LogP contribution >= 0.6 is 0 Å². The fourth-order valence-electron chi connectivity index (χ4n) is 2.04.